The SMILES string of the molecule is Cc1ccccc1OC[C@H]1CCCN(C(=O)NCc2cc(=O)[nH]cn2)C1. The zero-order valence-corrected chi connectivity index (χ0v) is 14.9. The van der Waals surface area contributed by atoms with Crippen LogP contribution in [-0.2, 0) is 6.54 Å². The number of rotatable bonds is 5. The molecule has 7 heteroatoms. The highest BCUT2D eigenvalue weighted by molar-refractivity contribution is 5.74. The van der Waals surface area contributed by atoms with Gasteiger partial charge >= 0.3 is 6.03 Å². The number of piperidine rings is 1. The van der Waals surface area contributed by atoms with Crippen molar-refractivity contribution in [3.8, 4) is 5.75 Å². The molecule has 0 saturated carbocycles. The Morgan fingerprint density at radius 1 is 1.42 bits per heavy atom. The highest BCUT2D eigenvalue weighted by atomic mass is 16.5. The van der Waals surface area contributed by atoms with Crippen LogP contribution in [0.3, 0.4) is 0 Å². The summed E-state index contributed by atoms with van der Waals surface area (Å²) >= 11 is 0. The van der Waals surface area contributed by atoms with Crippen LogP contribution in [0.2, 0.25) is 0 Å². The average molecular weight is 356 g/mol. The molecule has 0 spiro atoms. The first-order valence-electron chi connectivity index (χ1n) is 8.86. The molecule has 0 unspecified atom stereocenters. The predicted octanol–water partition coefficient (Wildman–Crippen LogP) is 2.08. The number of nitrogens with one attached hydrogen (secondary N) is 2. The van der Waals surface area contributed by atoms with Gasteiger partial charge in [-0.3, -0.25) is 4.79 Å². The summed E-state index contributed by atoms with van der Waals surface area (Å²) < 4.78 is 5.94. The van der Waals surface area contributed by atoms with E-state index in [1.807, 2.05) is 36.1 Å². The van der Waals surface area contributed by atoms with Crippen LogP contribution < -0.4 is 15.6 Å². The van der Waals surface area contributed by atoms with Crippen molar-refractivity contribution in [2.45, 2.75) is 26.3 Å². The maximum absolute atomic E-state index is 12.4. The Morgan fingerprint density at radius 2 is 2.27 bits per heavy atom. The Labute approximate surface area is 152 Å². The summed E-state index contributed by atoms with van der Waals surface area (Å²) in [6.07, 6.45) is 3.34. The summed E-state index contributed by atoms with van der Waals surface area (Å²) in [7, 11) is 0. The largest absolute Gasteiger partial charge is 0.493 e. The number of aromatic nitrogens is 2. The second kappa shape index (κ2) is 8.51. The number of aryl methyl sites for hydroxylation is 1. The number of aromatic amines is 1. The molecule has 1 aliphatic heterocycles. The van der Waals surface area contributed by atoms with E-state index in [1.54, 1.807) is 0 Å². The number of para-hydroxylation sites is 1. The van der Waals surface area contributed by atoms with Crippen molar-refractivity contribution in [2.24, 2.45) is 5.92 Å². The summed E-state index contributed by atoms with van der Waals surface area (Å²) in [4.78, 5) is 31.9. The van der Waals surface area contributed by atoms with E-state index in [0.717, 1.165) is 30.7 Å². The van der Waals surface area contributed by atoms with Gasteiger partial charge in [-0.1, -0.05) is 18.2 Å². The number of urea groups is 1. The molecule has 26 heavy (non-hydrogen) atoms. The summed E-state index contributed by atoms with van der Waals surface area (Å²) in [6.45, 7) is 4.27. The zero-order chi connectivity index (χ0) is 18.4. The number of benzene rings is 1. The Kier molecular flexibility index (Phi) is 5.88. The maximum Gasteiger partial charge on any atom is 0.317 e. The quantitative estimate of drug-likeness (QED) is 0.859. The first-order valence-corrected chi connectivity index (χ1v) is 8.86. The van der Waals surface area contributed by atoms with Gasteiger partial charge in [0.2, 0.25) is 0 Å². The molecule has 1 aliphatic rings. The number of hydrogen-bond donors (Lipinski definition) is 2. The lowest BCUT2D eigenvalue weighted by atomic mass is 9.99. The molecule has 0 aliphatic carbocycles. The van der Waals surface area contributed by atoms with Crippen LogP contribution in [0, 0.1) is 12.8 Å². The molecule has 1 fully saturated rings. The second-order valence-corrected chi connectivity index (χ2v) is 6.59. The summed E-state index contributed by atoms with van der Waals surface area (Å²) in [5.41, 5.74) is 1.43. The molecule has 0 radical (unpaired) electrons. The van der Waals surface area contributed by atoms with E-state index in [4.69, 9.17) is 4.74 Å². The molecule has 3 rings (SSSR count). The van der Waals surface area contributed by atoms with E-state index in [1.165, 1.54) is 12.4 Å². The fourth-order valence-corrected chi connectivity index (χ4v) is 3.10. The highest BCUT2D eigenvalue weighted by Crippen LogP contribution is 2.21. The first-order chi connectivity index (χ1) is 12.6. The minimum atomic E-state index is -0.226. The van der Waals surface area contributed by atoms with Crippen LogP contribution in [0.1, 0.15) is 24.1 Å². The van der Waals surface area contributed by atoms with Crippen molar-refractivity contribution in [3.63, 3.8) is 0 Å². The molecule has 7 nitrogen and oxygen atoms in total. The van der Waals surface area contributed by atoms with Crippen LogP contribution in [0.25, 0.3) is 0 Å². The highest BCUT2D eigenvalue weighted by Gasteiger charge is 2.24. The molecular weight excluding hydrogens is 332 g/mol. The molecule has 1 aromatic carbocycles. The van der Waals surface area contributed by atoms with E-state index >= 15 is 0 Å². The predicted molar refractivity (Wildman–Crippen MR) is 98.1 cm³/mol. The van der Waals surface area contributed by atoms with E-state index in [0.29, 0.717) is 24.8 Å². The fraction of sp³-hybridized carbons (Fsp3) is 0.421. The van der Waals surface area contributed by atoms with Crippen molar-refractivity contribution >= 4 is 6.03 Å². The molecule has 1 saturated heterocycles. The normalized spacial score (nSPS) is 17.0. The van der Waals surface area contributed by atoms with Gasteiger partial charge in [0.25, 0.3) is 5.56 Å². The molecule has 1 aromatic heterocycles. The molecule has 138 valence electrons. The van der Waals surface area contributed by atoms with Crippen LogP contribution in [0.4, 0.5) is 4.79 Å². The first kappa shape index (κ1) is 18.0. The minimum Gasteiger partial charge on any atom is -0.493 e. The Hall–Kier alpha value is -2.83. The van der Waals surface area contributed by atoms with E-state index < -0.39 is 0 Å². The van der Waals surface area contributed by atoms with Gasteiger partial charge < -0.3 is 19.9 Å². The van der Waals surface area contributed by atoms with Crippen molar-refractivity contribution in [2.75, 3.05) is 19.7 Å². The zero-order valence-electron chi connectivity index (χ0n) is 14.9. The number of carbonyl (C=O) groups is 1. The number of likely N-dealkylation sites (tertiary alicyclic amines) is 1. The number of carbonyl (C=O) groups excluding carboxylic acids is 1. The lowest BCUT2D eigenvalue weighted by Crippen LogP contribution is -2.46. The third-order valence-electron chi connectivity index (χ3n) is 4.53. The van der Waals surface area contributed by atoms with Crippen LogP contribution >= 0.6 is 0 Å². The van der Waals surface area contributed by atoms with Crippen LogP contribution in [0.15, 0.2) is 41.5 Å². The maximum atomic E-state index is 12.4. The molecule has 2 heterocycles. The van der Waals surface area contributed by atoms with Gasteiger partial charge in [-0.25, -0.2) is 9.78 Å². The molecule has 2 aromatic rings. The van der Waals surface area contributed by atoms with E-state index in [2.05, 4.69) is 15.3 Å². The smallest absolute Gasteiger partial charge is 0.317 e. The Bertz CT molecular complexity index is 805. The molecular formula is C19H24N4O3. The molecule has 0 bridgehead atoms. The molecule has 1 atom stereocenters. The van der Waals surface area contributed by atoms with Crippen LogP contribution in [-0.4, -0.2) is 40.6 Å². The summed E-state index contributed by atoms with van der Waals surface area (Å²) in [5.74, 6) is 1.21. The van der Waals surface area contributed by atoms with Gasteiger partial charge in [-0.2, -0.15) is 0 Å². The number of nitrogens with zero attached hydrogens (tertiary/aromatic N) is 2. The fourth-order valence-electron chi connectivity index (χ4n) is 3.10. The number of ether oxygens (including phenoxy) is 1. The number of hydrogen-bond acceptors (Lipinski definition) is 4. The van der Waals surface area contributed by atoms with Gasteiger partial charge in [-0.15, -0.1) is 0 Å². The van der Waals surface area contributed by atoms with Gasteiger partial charge in [0, 0.05) is 25.1 Å². The Morgan fingerprint density at radius 3 is 3.08 bits per heavy atom. The molecule has 2 N–H and O–H groups in total. The van der Waals surface area contributed by atoms with Crippen molar-refractivity contribution in [1.29, 1.82) is 0 Å². The monoisotopic (exact) mass is 356 g/mol. The lowest BCUT2D eigenvalue weighted by molar-refractivity contribution is 0.137. The Balaban J connectivity index is 1.48. The van der Waals surface area contributed by atoms with Gasteiger partial charge in [0.1, 0.15) is 5.75 Å². The van der Waals surface area contributed by atoms with Gasteiger partial charge in [0.15, 0.2) is 0 Å². The second-order valence-electron chi connectivity index (χ2n) is 6.59. The third kappa shape index (κ3) is 4.84. The average Bonchev–Trinajstić information content (AvgIpc) is 2.66. The number of H-pyrrole nitrogens is 1. The lowest BCUT2D eigenvalue weighted by Gasteiger charge is -2.32. The summed E-state index contributed by atoms with van der Waals surface area (Å²) in [6, 6.07) is 9.20. The van der Waals surface area contributed by atoms with Crippen molar-refractivity contribution < 1.29 is 9.53 Å². The van der Waals surface area contributed by atoms with Crippen LogP contribution in [0.5, 0.6) is 5.75 Å². The minimum absolute atomic E-state index is 0.132. The van der Waals surface area contributed by atoms with Gasteiger partial charge in [0.05, 0.1) is 25.2 Å². The third-order valence-corrected chi connectivity index (χ3v) is 4.53. The van der Waals surface area contributed by atoms with Crippen molar-refractivity contribution in [1.82, 2.24) is 20.2 Å². The van der Waals surface area contributed by atoms with E-state index in [-0.39, 0.29) is 18.1 Å². The number of amides is 2. The van der Waals surface area contributed by atoms with Gasteiger partial charge in [-0.05, 0) is 31.4 Å². The molecule has 2 amide bonds. The summed E-state index contributed by atoms with van der Waals surface area (Å²) in [5, 5.41) is 2.83. The topological polar surface area (TPSA) is 87.3 Å². The standard InChI is InChI=1S/C19H24N4O3/c1-14-5-2-3-7-17(14)26-12-15-6-4-8-23(11-15)19(25)20-10-16-9-18(24)22-13-21-16/h2-3,5,7,9,13,15H,4,6,8,10-12H2,1H3,(H,20,25)(H,21,22,24)/t15-/m0/s1. The van der Waals surface area contributed by atoms with Crippen molar-refractivity contribution in [3.05, 3.63) is 58.3 Å². The van der Waals surface area contributed by atoms with E-state index in [9.17, 15) is 9.59 Å².